The SMILES string of the molecule is Cc1cc(Br)ccc1NCCc1ccnn1C. The maximum absolute atomic E-state index is 4.15. The van der Waals surface area contributed by atoms with E-state index in [1.807, 2.05) is 17.9 Å². The molecule has 1 heterocycles. The molecule has 0 radical (unpaired) electrons. The van der Waals surface area contributed by atoms with Crippen LogP contribution in [0, 0.1) is 6.92 Å². The van der Waals surface area contributed by atoms with Gasteiger partial charge in [0.15, 0.2) is 0 Å². The van der Waals surface area contributed by atoms with Gasteiger partial charge in [-0.05, 0) is 36.8 Å². The number of halogens is 1. The Bertz CT molecular complexity index is 505. The van der Waals surface area contributed by atoms with Crippen molar-refractivity contribution in [3.05, 3.63) is 46.2 Å². The average molecular weight is 294 g/mol. The Morgan fingerprint density at radius 3 is 2.82 bits per heavy atom. The summed E-state index contributed by atoms with van der Waals surface area (Å²) in [5.41, 5.74) is 3.69. The molecule has 0 saturated heterocycles. The lowest BCUT2D eigenvalue weighted by Crippen LogP contribution is -2.09. The van der Waals surface area contributed by atoms with Crippen molar-refractivity contribution < 1.29 is 0 Å². The number of aryl methyl sites for hydroxylation is 2. The summed E-state index contributed by atoms with van der Waals surface area (Å²) in [6, 6.07) is 8.32. The van der Waals surface area contributed by atoms with Gasteiger partial charge in [-0.2, -0.15) is 5.10 Å². The van der Waals surface area contributed by atoms with Crippen molar-refractivity contribution in [1.82, 2.24) is 9.78 Å². The molecular weight excluding hydrogens is 278 g/mol. The van der Waals surface area contributed by atoms with Crippen molar-refractivity contribution in [2.45, 2.75) is 13.3 Å². The third-order valence-electron chi connectivity index (χ3n) is 2.81. The Kier molecular flexibility index (Phi) is 3.84. The van der Waals surface area contributed by atoms with E-state index >= 15 is 0 Å². The molecule has 1 aromatic heterocycles. The maximum atomic E-state index is 4.15. The Labute approximate surface area is 110 Å². The standard InChI is InChI=1S/C13H16BrN3/c1-10-9-11(14)3-4-13(10)15-7-5-12-6-8-16-17(12)2/h3-4,6,8-9,15H,5,7H2,1-2H3. The predicted octanol–water partition coefficient (Wildman–Crippen LogP) is 3.15. The fourth-order valence-electron chi connectivity index (χ4n) is 1.80. The number of hydrogen-bond acceptors (Lipinski definition) is 2. The first-order valence-corrected chi connectivity index (χ1v) is 6.43. The van der Waals surface area contributed by atoms with Crippen LogP contribution in [0.15, 0.2) is 34.9 Å². The Hall–Kier alpha value is -1.29. The van der Waals surface area contributed by atoms with Crippen LogP contribution in [0.1, 0.15) is 11.3 Å². The fourth-order valence-corrected chi connectivity index (χ4v) is 2.27. The lowest BCUT2D eigenvalue weighted by molar-refractivity contribution is 0.711. The van der Waals surface area contributed by atoms with Gasteiger partial charge in [0.1, 0.15) is 0 Å². The molecule has 0 atom stereocenters. The first-order valence-electron chi connectivity index (χ1n) is 5.64. The highest BCUT2D eigenvalue weighted by Crippen LogP contribution is 2.19. The van der Waals surface area contributed by atoms with Gasteiger partial charge in [0.05, 0.1) is 0 Å². The van der Waals surface area contributed by atoms with Gasteiger partial charge in [-0.25, -0.2) is 0 Å². The van der Waals surface area contributed by atoms with Gasteiger partial charge in [-0.1, -0.05) is 15.9 Å². The van der Waals surface area contributed by atoms with E-state index in [-0.39, 0.29) is 0 Å². The number of hydrogen-bond donors (Lipinski definition) is 1. The van der Waals surface area contributed by atoms with Crippen molar-refractivity contribution in [1.29, 1.82) is 0 Å². The highest BCUT2D eigenvalue weighted by Gasteiger charge is 2.00. The van der Waals surface area contributed by atoms with Crippen LogP contribution in [0.5, 0.6) is 0 Å². The van der Waals surface area contributed by atoms with Crippen LogP contribution in [0.3, 0.4) is 0 Å². The Morgan fingerprint density at radius 2 is 2.18 bits per heavy atom. The Balaban J connectivity index is 1.92. The van der Waals surface area contributed by atoms with E-state index in [4.69, 9.17) is 0 Å². The first kappa shape index (κ1) is 12.2. The summed E-state index contributed by atoms with van der Waals surface area (Å²) in [6.45, 7) is 3.03. The molecule has 0 fully saturated rings. The van der Waals surface area contributed by atoms with E-state index in [1.165, 1.54) is 16.9 Å². The van der Waals surface area contributed by atoms with E-state index in [9.17, 15) is 0 Å². The second kappa shape index (κ2) is 5.36. The minimum absolute atomic E-state index is 0.919. The van der Waals surface area contributed by atoms with E-state index in [1.54, 1.807) is 0 Å². The molecule has 2 aromatic rings. The molecule has 0 spiro atoms. The molecule has 0 amide bonds. The van der Waals surface area contributed by atoms with Crippen LogP contribution >= 0.6 is 15.9 Å². The number of nitrogens with one attached hydrogen (secondary N) is 1. The minimum Gasteiger partial charge on any atom is -0.384 e. The summed E-state index contributed by atoms with van der Waals surface area (Å²) in [6.07, 6.45) is 2.81. The molecule has 0 aliphatic rings. The van der Waals surface area contributed by atoms with E-state index in [2.05, 4.69) is 57.5 Å². The zero-order chi connectivity index (χ0) is 12.3. The third kappa shape index (κ3) is 3.09. The van der Waals surface area contributed by atoms with Gasteiger partial charge in [0.25, 0.3) is 0 Å². The molecule has 90 valence electrons. The van der Waals surface area contributed by atoms with Crippen LogP contribution in [0.2, 0.25) is 0 Å². The number of nitrogens with zero attached hydrogens (tertiary/aromatic N) is 2. The summed E-state index contributed by atoms with van der Waals surface area (Å²) >= 11 is 3.47. The maximum Gasteiger partial charge on any atom is 0.0492 e. The third-order valence-corrected chi connectivity index (χ3v) is 3.30. The molecule has 3 nitrogen and oxygen atoms in total. The van der Waals surface area contributed by atoms with E-state index in [0.29, 0.717) is 0 Å². The van der Waals surface area contributed by atoms with Crippen molar-refractivity contribution in [3.8, 4) is 0 Å². The summed E-state index contributed by atoms with van der Waals surface area (Å²) in [7, 11) is 1.97. The average Bonchev–Trinajstić information content (AvgIpc) is 2.68. The Morgan fingerprint density at radius 1 is 1.35 bits per heavy atom. The molecule has 17 heavy (non-hydrogen) atoms. The molecule has 0 saturated carbocycles. The van der Waals surface area contributed by atoms with Crippen LogP contribution < -0.4 is 5.32 Å². The quantitative estimate of drug-likeness (QED) is 0.939. The predicted molar refractivity (Wildman–Crippen MR) is 74.3 cm³/mol. The van der Waals surface area contributed by atoms with Crippen LogP contribution in [-0.4, -0.2) is 16.3 Å². The summed E-state index contributed by atoms with van der Waals surface area (Å²) in [5, 5.41) is 7.60. The topological polar surface area (TPSA) is 29.9 Å². The monoisotopic (exact) mass is 293 g/mol. The van der Waals surface area contributed by atoms with Gasteiger partial charge >= 0.3 is 0 Å². The highest BCUT2D eigenvalue weighted by atomic mass is 79.9. The second-order valence-electron chi connectivity index (χ2n) is 4.08. The van der Waals surface area contributed by atoms with Crippen LogP contribution in [-0.2, 0) is 13.5 Å². The molecule has 4 heteroatoms. The van der Waals surface area contributed by atoms with Crippen LogP contribution in [0.4, 0.5) is 5.69 Å². The minimum atomic E-state index is 0.919. The molecule has 1 aromatic carbocycles. The van der Waals surface area contributed by atoms with E-state index in [0.717, 1.165) is 17.4 Å². The molecule has 0 bridgehead atoms. The fraction of sp³-hybridized carbons (Fsp3) is 0.308. The van der Waals surface area contributed by atoms with Gasteiger partial charge in [-0.15, -0.1) is 0 Å². The largest absolute Gasteiger partial charge is 0.384 e. The van der Waals surface area contributed by atoms with Crippen molar-refractivity contribution in [2.75, 3.05) is 11.9 Å². The zero-order valence-electron chi connectivity index (χ0n) is 10.1. The van der Waals surface area contributed by atoms with Gasteiger partial charge < -0.3 is 5.32 Å². The highest BCUT2D eigenvalue weighted by molar-refractivity contribution is 9.10. The van der Waals surface area contributed by atoms with Gasteiger partial charge in [0, 0.05) is 42.1 Å². The first-order chi connectivity index (χ1) is 8.16. The second-order valence-corrected chi connectivity index (χ2v) is 5.00. The van der Waals surface area contributed by atoms with E-state index < -0.39 is 0 Å². The number of benzene rings is 1. The molecule has 2 rings (SSSR count). The van der Waals surface area contributed by atoms with Crippen molar-refractivity contribution >= 4 is 21.6 Å². The number of aromatic nitrogens is 2. The number of rotatable bonds is 4. The van der Waals surface area contributed by atoms with Gasteiger partial charge in [-0.3, -0.25) is 4.68 Å². The van der Waals surface area contributed by atoms with Crippen molar-refractivity contribution in [3.63, 3.8) is 0 Å². The molecule has 0 aliphatic carbocycles. The lowest BCUT2D eigenvalue weighted by Gasteiger charge is -2.09. The number of anilines is 1. The summed E-state index contributed by atoms with van der Waals surface area (Å²) in [4.78, 5) is 0. The normalized spacial score (nSPS) is 10.5. The van der Waals surface area contributed by atoms with Crippen LogP contribution in [0.25, 0.3) is 0 Å². The van der Waals surface area contributed by atoms with Crippen molar-refractivity contribution in [2.24, 2.45) is 7.05 Å². The molecule has 0 aliphatic heterocycles. The smallest absolute Gasteiger partial charge is 0.0492 e. The molecule has 0 unspecified atom stereocenters. The molecular formula is C13H16BrN3. The summed E-state index contributed by atoms with van der Waals surface area (Å²) < 4.78 is 3.03. The van der Waals surface area contributed by atoms with Gasteiger partial charge in [0.2, 0.25) is 0 Å². The lowest BCUT2D eigenvalue weighted by atomic mass is 10.2. The summed E-state index contributed by atoms with van der Waals surface area (Å²) in [5.74, 6) is 0. The molecule has 1 N–H and O–H groups in total. The zero-order valence-corrected chi connectivity index (χ0v) is 11.7.